The average molecular weight is 387 g/mol. The molecule has 0 fully saturated rings. The van der Waals surface area contributed by atoms with Crippen molar-refractivity contribution < 1.29 is 5.11 Å². The largest absolute Gasteiger partial charge is 0.507 e. The third-order valence-corrected chi connectivity index (χ3v) is 5.30. The van der Waals surface area contributed by atoms with E-state index in [1.165, 1.54) is 5.56 Å². The zero-order valence-electron chi connectivity index (χ0n) is 20.6. The van der Waals surface area contributed by atoms with Crippen molar-refractivity contribution in [3.63, 3.8) is 0 Å². The molecule has 0 bridgehead atoms. The molecule has 1 nitrogen and oxygen atoms in total. The molecule has 0 aliphatic heterocycles. The summed E-state index contributed by atoms with van der Waals surface area (Å²) in [6, 6.07) is 4.42. The van der Waals surface area contributed by atoms with Crippen LogP contribution in [0.3, 0.4) is 0 Å². The smallest absolute Gasteiger partial charge is 0.123 e. The summed E-state index contributed by atoms with van der Waals surface area (Å²) >= 11 is 0. The van der Waals surface area contributed by atoms with Crippen molar-refractivity contribution in [1.29, 1.82) is 0 Å². The molecule has 0 heterocycles. The van der Waals surface area contributed by atoms with Gasteiger partial charge in [0.1, 0.15) is 5.75 Å². The highest BCUT2D eigenvalue weighted by atomic mass is 16.3. The third-order valence-electron chi connectivity index (χ3n) is 5.30. The van der Waals surface area contributed by atoms with E-state index in [4.69, 9.17) is 0 Å². The Morgan fingerprint density at radius 2 is 1.14 bits per heavy atom. The Morgan fingerprint density at radius 3 is 1.46 bits per heavy atom. The van der Waals surface area contributed by atoms with Gasteiger partial charge in [-0.1, -0.05) is 94.7 Å². The third kappa shape index (κ3) is 7.30. The summed E-state index contributed by atoms with van der Waals surface area (Å²) in [6.07, 6.45) is 8.77. The molecule has 0 unspecified atom stereocenters. The molecule has 0 aromatic heterocycles. The van der Waals surface area contributed by atoms with Gasteiger partial charge in [0, 0.05) is 11.1 Å². The normalized spacial score (nSPS) is 14.1. The number of allylic oxidation sites excluding steroid dienone is 1. The molecule has 0 radical (unpaired) electrons. The van der Waals surface area contributed by atoms with Gasteiger partial charge in [-0.05, 0) is 58.6 Å². The maximum Gasteiger partial charge on any atom is 0.123 e. The van der Waals surface area contributed by atoms with Gasteiger partial charge in [-0.15, -0.1) is 0 Å². The molecule has 0 aliphatic carbocycles. The molecular weight excluding hydrogens is 340 g/mol. The van der Waals surface area contributed by atoms with Gasteiger partial charge >= 0.3 is 0 Å². The standard InChI is InChI=1S/C27H46O/c1-12-13-14-15-20-16-21(26(8,9)18-24(2,3)4)23(28)22(17-20)27(10,11)19-25(5,6)7/h14-17,28H,12-13,18-19H2,1-11H3/b15-14+. The van der Waals surface area contributed by atoms with Gasteiger partial charge in [0.15, 0.2) is 0 Å². The average Bonchev–Trinajstić information content (AvgIpc) is 2.43. The van der Waals surface area contributed by atoms with Crippen LogP contribution in [-0.4, -0.2) is 5.11 Å². The number of unbranched alkanes of at least 4 members (excludes halogenated alkanes) is 1. The first kappa shape index (κ1) is 24.8. The van der Waals surface area contributed by atoms with E-state index in [1.54, 1.807) is 0 Å². The molecule has 1 aromatic rings. The minimum absolute atomic E-state index is 0.0937. The van der Waals surface area contributed by atoms with Crippen LogP contribution in [0.15, 0.2) is 18.2 Å². The topological polar surface area (TPSA) is 20.2 Å². The van der Waals surface area contributed by atoms with Gasteiger partial charge < -0.3 is 5.11 Å². The molecule has 1 N–H and O–H groups in total. The summed E-state index contributed by atoms with van der Waals surface area (Å²) in [5.74, 6) is 0.496. The van der Waals surface area contributed by atoms with E-state index < -0.39 is 0 Å². The Morgan fingerprint density at radius 1 is 0.750 bits per heavy atom. The van der Waals surface area contributed by atoms with Gasteiger partial charge in [-0.3, -0.25) is 0 Å². The summed E-state index contributed by atoms with van der Waals surface area (Å²) in [6.45, 7) is 25.0. The van der Waals surface area contributed by atoms with Crippen LogP contribution in [0.5, 0.6) is 5.75 Å². The van der Waals surface area contributed by atoms with E-state index in [0.717, 1.165) is 36.8 Å². The lowest BCUT2D eigenvalue weighted by molar-refractivity contribution is 0.268. The maximum absolute atomic E-state index is 11.4. The number of hydrogen-bond acceptors (Lipinski definition) is 1. The maximum atomic E-state index is 11.4. The van der Waals surface area contributed by atoms with Crippen molar-refractivity contribution in [2.75, 3.05) is 0 Å². The first-order valence-electron chi connectivity index (χ1n) is 11.0. The summed E-state index contributed by atoms with van der Waals surface area (Å²) in [5.41, 5.74) is 3.58. The molecule has 1 aromatic carbocycles. The molecule has 0 amide bonds. The summed E-state index contributed by atoms with van der Waals surface area (Å²) in [4.78, 5) is 0. The fraction of sp³-hybridized carbons (Fsp3) is 0.704. The second-order valence-electron chi connectivity index (χ2n) is 12.4. The highest BCUT2D eigenvalue weighted by molar-refractivity contribution is 5.59. The quantitative estimate of drug-likeness (QED) is 0.497. The Labute approximate surface area is 175 Å². The van der Waals surface area contributed by atoms with E-state index >= 15 is 0 Å². The van der Waals surface area contributed by atoms with E-state index in [9.17, 15) is 5.11 Å². The van der Waals surface area contributed by atoms with E-state index in [0.29, 0.717) is 5.75 Å². The Kier molecular flexibility index (Phi) is 7.65. The molecule has 0 aliphatic rings. The van der Waals surface area contributed by atoms with Gasteiger partial charge in [0.05, 0.1) is 0 Å². The van der Waals surface area contributed by atoms with Crippen molar-refractivity contribution in [3.05, 3.63) is 34.9 Å². The van der Waals surface area contributed by atoms with Crippen LogP contribution < -0.4 is 0 Å². The van der Waals surface area contributed by atoms with Crippen LogP contribution in [0.2, 0.25) is 0 Å². The van der Waals surface area contributed by atoms with Gasteiger partial charge in [-0.25, -0.2) is 0 Å². The zero-order chi connectivity index (χ0) is 22.0. The number of benzene rings is 1. The summed E-state index contributed by atoms with van der Waals surface area (Å²) in [5, 5.41) is 11.4. The summed E-state index contributed by atoms with van der Waals surface area (Å²) < 4.78 is 0. The molecule has 1 heteroatoms. The van der Waals surface area contributed by atoms with E-state index in [2.05, 4.69) is 100 Å². The van der Waals surface area contributed by atoms with Gasteiger partial charge in [0.2, 0.25) is 0 Å². The predicted molar refractivity (Wildman–Crippen MR) is 126 cm³/mol. The number of phenolic OH excluding ortho intramolecular Hbond substituents is 1. The number of phenols is 1. The van der Waals surface area contributed by atoms with E-state index in [-0.39, 0.29) is 21.7 Å². The number of hydrogen-bond donors (Lipinski definition) is 1. The molecule has 0 atom stereocenters. The van der Waals surface area contributed by atoms with Crippen LogP contribution >= 0.6 is 0 Å². The molecule has 160 valence electrons. The van der Waals surface area contributed by atoms with Crippen LogP contribution in [0, 0.1) is 10.8 Å². The lowest BCUT2D eigenvalue weighted by Gasteiger charge is -2.37. The molecule has 0 spiro atoms. The zero-order valence-corrected chi connectivity index (χ0v) is 20.6. The minimum Gasteiger partial charge on any atom is -0.507 e. The second kappa shape index (κ2) is 8.64. The first-order valence-corrected chi connectivity index (χ1v) is 11.0. The lowest BCUT2D eigenvalue weighted by Crippen LogP contribution is -2.28. The van der Waals surface area contributed by atoms with Crippen LogP contribution in [0.1, 0.15) is 119 Å². The Bertz CT molecular complexity index is 626. The second-order valence-corrected chi connectivity index (χ2v) is 12.4. The minimum atomic E-state index is -0.0937. The van der Waals surface area contributed by atoms with Crippen molar-refractivity contribution in [3.8, 4) is 5.75 Å². The first-order chi connectivity index (χ1) is 12.5. The summed E-state index contributed by atoms with van der Waals surface area (Å²) in [7, 11) is 0. The SMILES string of the molecule is CCC/C=C/c1cc(C(C)(C)CC(C)(C)C)c(O)c(C(C)(C)CC(C)(C)C)c1. The van der Waals surface area contributed by atoms with Gasteiger partial charge in [-0.2, -0.15) is 0 Å². The predicted octanol–water partition coefficient (Wildman–Crippen LogP) is 8.63. The Balaban J connectivity index is 3.61. The van der Waals surface area contributed by atoms with Crippen molar-refractivity contribution in [2.45, 2.75) is 113 Å². The van der Waals surface area contributed by atoms with Crippen LogP contribution in [0.25, 0.3) is 6.08 Å². The molecule has 0 saturated heterocycles. The monoisotopic (exact) mass is 386 g/mol. The molecular formula is C27H46O. The van der Waals surface area contributed by atoms with Gasteiger partial charge in [0.25, 0.3) is 0 Å². The van der Waals surface area contributed by atoms with Crippen LogP contribution in [0.4, 0.5) is 0 Å². The highest BCUT2D eigenvalue weighted by Crippen LogP contribution is 2.47. The molecule has 1 rings (SSSR count). The van der Waals surface area contributed by atoms with E-state index in [1.807, 2.05) is 0 Å². The van der Waals surface area contributed by atoms with Crippen molar-refractivity contribution in [1.82, 2.24) is 0 Å². The number of rotatable bonds is 7. The fourth-order valence-corrected chi connectivity index (χ4v) is 5.01. The highest BCUT2D eigenvalue weighted by Gasteiger charge is 2.35. The van der Waals surface area contributed by atoms with Crippen molar-refractivity contribution >= 4 is 6.08 Å². The lowest BCUT2D eigenvalue weighted by atomic mass is 9.68. The van der Waals surface area contributed by atoms with Crippen LogP contribution in [-0.2, 0) is 10.8 Å². The number of aromatic hydroxyl groups is 1. The fourth-order valence-electron chi connectivity index (χ4n) is 5.01. The molecule has 0 saturated carbocycles. The molecule has 28 heavy (non-hydrogen) atoms. The van der Waals surface area contributed by atoms with Crippen molar-refractivity contribution in [2.24, 2.45) is 10.8 Å². The Hall–Kier alpha value is -1.24.